The highest BCUT2D eigenvalue weighted by atomic mass is 16.1. The highest BCUT2D eigenvalue weighted by Crippen LogP contribution is 1.82. The van der Waals surface area contributed by atoms with Crippen molar-refractivity contribution in [3.8, 4) is 0 Å². The minimum Gasteiger partial charge on any atom is -0.366 e. The van der Waals surface area contributed by atoms with Crippen LogP contribution in [0.4, 0.5) is 0 Å². The monoisotopic (exact) mass is 167 g/mol. The van der Waals surface area contributed by atoms with Crippen LogP contribution in [0.1, 0.15) is 20.3 Å². The molecule has 0 fully saturated rings. The lowest BCUT2D eigenvalue weighted by Crippen LogP contribution is -2.04. The molecule has 0 aliphatic heterocycles. The molecular formula is C10H17NO. The third-order valence-corrected chi connectivity index (χ3v) is 0.945. The molecular weight excluding hydrogens is 150 g/mol. The molecule has 0 saturated carbocycles. The van der Waals surface area contributed by atoms with Crippen LogP contribution in [0.5, 0.6) is 0 Å². The molecule has 0 atom stereocenters. The lowest BCUT2D eigenvalue weighted by Gasteiger charge is -1.73. The maximum atomic E-state index is 9.47. The molecule has 68 valence electrons. The summed E-state index contributed by atoms with van der Waals surface area (Å²) in [5.41, 5.74) is 4.53. The van der Waals surface area contributed by atoms with Crippen molar-refractivity contribution in [2.75, 3.05) is 0 Å². The van der Waals surface area contributed by atoms with Gasteiger partial charge in [-0.15, -0.1) is 0 Å². The fourth-order valence-corrected chi connectivity index (χ4v) is 0.351. The van der Waals surface area contributed by atoms with Crippen molar-refractivity contribution >= 4 is 5.91 Å². The van der Waals surface area contributed by atoms with Crippen LogP contribution >= 0.6 is 0 Å². The standard InChI is InChI=1S/C7H12.C3H5NO/c1-3-5-7-6-4-2;1-2-3(4)5/h3-6H,7H2,1-2H3;2H,1H2,(H2,4,5). The number of hydrogen-bond donors (Lipinski definition) is 1. The van der Waals surface area contributed by atoms with Gasteiger partial charge in [0.05, 0.1) is 0 Å². The first-order valence-electron chi connectivity index (χ1n) is 3.83. The molecule has 2 nitrogen and oxygen atoms in total. The third-order valence-electron chi connectivity index (χ3n) is 0.945. The number of hydrogen-bond acceptors (Lipinski definition) is 1. The third kappa shape index (κ3) is 23.4. The number of primary amides is 1. The Hall–Kier alpha value is -1.31. The second-order valence-corrected chi connectivity index (χ2v) is 1.98. The molecule has 12 heavy (non-hydrogen) atoms. The summed E-state index contributed by atoms with van der Waals surface area (Å²) in [5.74, 6) is -0.481. The largest absolute Gasteiger partial charge is 0.366 e. The molecule has 0 saturated heterocycles. The smallest absolute Gasteiger partial charge is 0.240 e. The van der Waals surface area contributed by atoms with Crippen molar-refractivity contribution in [1.29, 1.82) is 0 Å². The first kappa shape index (κ1) is 13.3. The molecule has 0 aliphatic carbocycles. The molecule has 0 aromatic rings. The summed E-state index contributed by atoms with van der Waals surface area (Å²) in [6.45, 7) is 7.15. The summed E-state index contributed by atoms with van der Waals surface area (Å²) < 4.78 is 0. The number of amides is 1. The predicted molar refractivity (Wildman–Crippen MR) is 53.6 cm³/mol. The van der Waals surface area contributed by atoms with Gasteiger partial charge in [-0.2, -0.15) is 0 Å². The van der Waals surface area contributed by atoms with Crippen LogP contribution in [-0.2, 0) is 4.79 Å². The number of allylic oxidation sites excluding steroid dienone is 4. The van der Waals surface area contributed by atoms with E-state index >= 15 is 0 Å². The minimum absolute atomic E-state index is 0.481. The Kier molecular flexibility index (Phi) is 13.7. The molecule has 0 radical (unpaired) electrons. The maximum absolute atomic E-state index is 9.47. The number of nitrogens with two attached hydrogens (primary N) is 1. The van der Waals surface area contributed by atoms with Crippen LogP contribution < -0.4 is 5.73 Å². The van der Waals surface area contributed by atoms with Crippen LogP contribution in [0.15, 0.2) is 37.0 Å². The number of rotatable bonds is 3. The average molecular weight is 167 g/mol. The van der Waals surface area contributed by atoms with Gasteiger partial charge >= 0.3 is 0 Å². The van der Waals surface area contributed by atoms with Crippen molar-refractivity contribution < 1.29 is 4.79 Å². The lowest BCUT2D eigenvalue weighted by atomic mass is 10.3. The normalized spacial score (nSPS) is 9.50. The van der Waals surface area contributed by atoms with E-state index in [1.165, 1.54) is 0 Å². The molecule has 1 amide bonds. The summed E-state index contributed by atoms with van der Waals surface area (Å²) >= 11 is 0. The Labute approximate surface area is 74.5 Å². The molecule has 0 bridgehead atoms. The van der Waals surface area contributed by atoms with Gasteiger partial charge in [0.2, 0.25) is 5.91 Å². The minimum atomic E-state index is -0.481. The highest BCUT2D eigenvalue weighted by molar-refractivity contribution is 5.84. The summed E-state index contributed by atoms with van der Waals surface area (Å²) in [6.07, 6.45) is 10.5. The summed E-state index contributed by atoms with van der Waals surface area (Å²) in [5, 5.41) is 0. The Bertz CT molecular complexity index is 159. The molecule has 0 rings (SSSR count). The van der Waals surface area contributed by atoms with E-state index in [1.807, 2.05) is 13.8 Å². The van der Waals surface area contributed by atoms with Gasteiger partial charge in [-0.25, -0.2) is 0 Å². The first-order chi connectivity index (χ1) is 5.68. The van der Waals surface area contributed by atoms with Crippen molar-refractivity contribution in [1.82, 2.24) is 0 Å². The van der Waals surface area contributed by atoms with Crippen LogP contribution in [0.3, 0.4) is 0 Å². The van der Waals surface area contributed by atoms with Crippen LogP contribution in [-0.4, -0.2) is 5.91 Å². The second-order valence-electron chi connectivity index (χ2n) is 1.98. The molecule has 0 aromatic carbocycles. The van der Waals surface area contributed by atoms with Gasteiger partial charge in [0.1, 0.15) is 0 Å². The quantitative estimate of drug-likeness (QED) is 0.508. The zero-order valence-electron chi connectivity index (χ0n) is 7.79. The van der Waals surface area contributed by atoms with E-state index in [1.54, 1.807) is 0 Å². The van der Waals surface area contributed by atoms with Crippen LogP contribution in [0.25, 0.3) is 0 Å². The zero-order chi connectivity index (χ0) is 9.82. The molecule has 0 heterocycles. The molecule has 0 aromatic heterocycles. The molecule has 0 unspecified atom stereocenters. The summed E-state index contributed by atoms with van der Waals surface area (Å²) in [4.78, 5) is 9.47. The fraction of sp³-hybridized carbons (Fsp3) is 0.300. The first-order valence-corrected chi connectivity index (χ1v) is 3.83. The molecule has 2 heteroatoms. The average Bonchev–Trinajstić information content (AvgIpc) is 2.07. The number of carbonyl (C=O) groups is 1. The summed E-state index contributed by atoms with van der Waals surface area (Å²) in [6, 6.07) is 0. The van der Waals surface area contributed by atoms with Crippen molar-refractivity contribution in [3.63, 3.8) is 0 Å². The van der Waals surface area contributed by atoms with Gasteiger partial charge < -0.3 is 5.73 Å². The number of carbonyl (C=O) groups excluding carboxylic acids is 1. The topological polar surface area (TPSA) is 43.1 Å². The Morgan fingerprint density at radius 1 is 1.33 bits per heavy atom. The summed E-state index contributed by atoms with van der Waals surface area (Å²) in [7, 11) is 0. The van der Waals surface area contributed by atoms with Crippen molar-refractivity contribution in [3.05, 3.63) is 37.0 Å². The van der Waals surface area contributed by atoms with E-state index in [9.17, 15) is 4.79 Å². The van der Waals surface area contributed by atoms with E-state index < -0.39 is 5.91 Å². The van der Waals surface area contributed by atoms with Gasteiger partial charge in [0.25, 0.3) is 0 Å². The molecule has 0 spiro atoms. The van der Waals surface area contributed by atoms with Crippen LogP contribution in [0, 0.1) is 0 Å². The fourth-order valence-electron chi connectivity index (χ4n) is 0.351. The van der Waals surface area contributed by atoms with E-state index in [4.69, 9.17) is 0 Å². The van der Waals surface area contributed by atoms with E-state index in [0.717, 1.165) is 12.5 Å². The maximum Gasteiger partial charge on any atom is 0.240 e. The Balaban J connectivity index is 0. The molecule has 2 N–H and O–H groups in total. The van der Waals surface area contributed by atoms with Crippen molar-refractivity contribution in [2.45, 2.75) is 20.3 Å². The van der Waals surface area contributed by atoms with Gasteiger partial charge in [0, 0.05) is 0 Å². The highest BCUT2D eigenvalue weighted by Gasteiger charge is 1.69. The second kappa shape index (κ2) is 12.4. The molecule has 0 aliphatic rings. The van der Waals surface area contributed by atoms with E-state index in [-0.39, 0.29) is 0 Å². The Morgan fingerprint density at radius 2 is 1.67 bits per heavy atom. The van der Waals surface area contributed by atoms with Crippen molar-refractivity contribution in [2.24, 2.45) is 5.73 Å². The lowest BCUT2D eigenvalue weighted by molar-refractivity contribution is -0.113. The van der Waals surface area contributed by atoms with Crippen LogP contribution in [0.2, 0.25) is 0 Å². The van der Waals surface area contributed by atoms with Gasteiger partial charge in [0.15, 0.2) is 0 Å². The zero-order valence-corrected chi connectivity index (χ0v) is 7.79. The SMILES string of the molecule is C=CC(N)=O.CC=CCC=CC. The predicted octanol–water partition coefficient (Wildman–Crippen LogP) is 2.19. The van der Waals surface area contributed by atoms with Gasteiger partial charge in [-0.1, -0.05) is 30.9 Å². The van der Waals surface area contributed by atoms with E-state index in [2.05, 4.69) is 36.6 Å². The van der Waals surface area contributed by atoms with Gasteiger partial charge in [-0.3, -0.25) is 4.79 Å². The Morgan fingerprint density at radius 3 is 1.83 bits per heavy atom. The van der Waals surface area contributed by atoms with E-state index in [0.29, 0.717) is 0 Å². The van der Waals surface area contributed by atoms with Gasteiger partial charge in [-0.05, 0) is 26.3 Å².